The van der Waals surface area contributed by atoms with E-state index in [2.05, 4.69) is 13.0 Å². The molecule has 0 fully saturated rings. The minimum atomic E-state index is 0. The molecular weight excluding hydrogens is 252 g/mol. The molecule has 0 saturated heterocycles. The Labute approximate surface area is 114 Å². The summed E-state index contributed by atoms with van der Waals surface area (Å²) in [6.45, 7) is 2.17. The number of unbranched alkanes of at least 4 members (excludes halogenated alkanes) is 1. The van der Waals surface area contributed by atoms with Crippen LogP contribution in [0, 0.1) is 0 Å². The Morgan fingerprint density at radius 2 is 2.00 bits per heavy atom. The molecule has 1 nitrogen and oxygen atoms in total. The maximum Gasteiger partial charge on any atom is 0.0866 e. The van der Waals surface area contributed by atoms with Gasteiger partial charge in [0.2, 0.25) is 0 Å². The molecule has 0 spiro atoms. The molecule has 0 atom stereocenters. The molecule has 2 rings (SSSR count). The largest absolute Gasteiger partial charge is 0.515 e. The quantitative estimate of drug-likeness (QED) is 0.487. The van der Waals surface area contributed by atoms with Crippen molar-refractivity contribution in [3.63, 3.8) is 0 Å². The van der Waals surface area contributed by atoms with Crippen LogP contribution < -0.4 is 0 Å². The molecule has 17 heavy (non-hydrogen) atoms. The van der Waals surface area contributed by atoms with Gasteiger partial charge in [-0.3, -0.25) is 0 Å². The van der Waals surface area contributed by atoms with E-state index in [4.69, 9.17) is 5.11 Å². The van der Waals surface area contributed by atoms with Gasteiger partial charge in [0.15, 0.2) is 0 Å². The zero-order valence-electron chi connectivity index (χ0n) is 10.1. The van der Waals surface area contributed by atoms with Crippen molar-refractivity contribution in [1.29, 1.82) is 0 Å². The minimum absolute atomic E-state index is 0. The summed E-state index contributed by atoms with van der Waals surface area (Å²) in [5, 5.41) is 8.78. The van der Waals surface area contributed by atoms with Crippen LogP contribution in [0.1, 0.15) is 26.2 Å². The van der Waals surface area contributed by atoms with Crippen LogP contribution in [-0.2, 0) is 17.1 Å². The molecule has 1 aliphatic carbocycles. The van der Waals surface area contributed by atoms with Crippen LogP contribution in [0.15, 0.2) is 66.0 Å². The Kier molecular flexibility index (Phi) is 9.41. The molecule has 0 unspecified atom stereocenters. The van der Waals surface area contributed by atoms with Gasteiger partial charge < -0.3 is 5.11 Å². The monoisotopic (exact) mass is 271 g/mol. The van der Waals surface area contributed by atoms with Crippen molar-refractivity contribution < 1.29 is 22.2 Å². The summed E-state index contributed by atoms with van der Waals surface area (Å²) >= 11 is 0. The van der Waals surface area contributed by atoms with Gasteiger partial charge in [-0.05, 0) is 18.4 Å². The average Bonchev–Trinajstić information content (AvgIpc) is 2.99. The van der Waals surface area contributed by atoms with E-state index >= 15 is 0 Å². The summed E-state index contributed by atoms with van der Waals surface area (Å²) in [7, 11) is 0. The summed E-state index contributed by atoms with van der Waals surface area (Å²) in [4.78, 5) is 0. The zero-order valence-corrected chi connectivity index (χ0v) is 11.2. The van der Waals surface area contributed by atoms with Crippen LogP contribution in [-0.4, -0.2) is 5.11 Å². The fourth-order valence-electron chi connectivity index (χ4n) is 1.51. The standard InChI is InChI=1S/C10H14O.C5H5.Fe/c1-2-3-5-9-6-4-7-10(9)8-11;1-2-4-5-3-1;/h4,6-8,11H,2-3,5H2,1H3;1-5H;/q;-1;/b10-8+;;. The van der Waals surface area contributed by atoms with Gasteiger partial charge in [-0.15, -0.1) is 0 Å². The Hall–Kier alpha value is -1.11. The SMILES string of the molecule is CCCCC1=CC=C/C1=C\O.[Fe].c1cc[cH-]c1. The van der Waals surface area contributed by atoms with Crippen molar-refractivity contribution in [1.82, 2.24) is 0 Å². The summed E-state index contributed by atoms with van der Waals surface area (Å²) in [6, 6.07) is 10.0. The van der Waals surface area contributed by atoms with E-state index in [-0.39, 0.29) is 17.1 Å². The van der Waals surface area contributed by atoms with Gasteiger partial charge in [0, 0.05) is 22.6 Å². The first-order valence-electron chi connectivity index (χ1n) is 5.77. The number of rotatable bonds is 3. The third-order valence-corrected chi connectivity index (χ3v) is 2.44. The van der Waals surface area contributed by atoms with Crippen LogP contribution in [0.3, 0.4) is 0 Å². The van der Waals surface area contributed by atoms with Crippen LogP contribution in [0.2, 0.25) is 0 Å². The molecule has 0 aromatic heterocycles. The first-order valence-corrected chi connectivity index (χ1v) is 5.77. The second-order valence-electron chi connectivity index (χ2n) is 3.70. The number of allylic oxidation sites excluding steroid dienone is 5. The van der Waals surface area contributed by atoms with Crippen molar-refractivity contribution in [2.24, 2.45) is 0 Å². The normalized spacial score (nSPS) is 14.9. The van der Waals surface area contributed by atoms with E-state index in [9.17, 15) is 0 Å². The number of hydrogen-bond donors (Lipinski definition) is 1. The van der Waals surface area contributed by atoms with Gasteiger partial charge in [0.25, 0.3) is 0 Å². The van der Waals surface area contributed by atoms with Gasteiger partial charge >= 0.3 is 0 Å². The molecule has 0 heterocycles. The number of hydrogen-bond acceptors (Lipinski definition) is 1. The molecule has 0 radical (unpaired) electrons. The summed E-state index contributed by atoms with van der Waals surface area (Å²) in [6.07, 6.45) is 10.7. The van der Waals surface area contributed by atoms with E-state index in [0.29, 0.717) is 0 Å². The number of aliphatic hydroxyl groups excluding tert-OH is 1. The second kappa shape index (κ2) is 10.1. The Morgan fingerprint density at radius 1 is 1.29 bits per heavy atom. The fraction of sp³-hybridized carbons (Fsp3) is 0.267. The third kappa shape index (κ3) is 6.25. The molecule has 0 bridgehead atoms. The molecule has 2 heteroatoms. The number of aliphatic hydroxyl groups is 1. The van der Waals surface area contributed by atoms with Crippen molar-refractivity contribution in [3.05, 3.63) is 66.0 Å². The zero-order chi connectivity index (χ0) is 11.6. The van der Waals surface area contributed by atoms with Crippen molar-refractivity contribution >= 4 is 0 Å². The average molecular weight is 271 g/mol. The van der Waals surface area contributed by atoms with E-state index in [0.717, 1.165) is 12.0 Å². The van der Waals surface area contributed by atoms with E-state index < -0.39 is 0 Å². The van der Waals surface area contributed by atoms with Crippen molar-refractivity contribution in [2.45, 2.75) is 26.2 Å². The van der Waals surface area contributed by atoms with Crippen molar-refractivity contribution in [2.75, 3.05) is 0 Å². The van der Waals surface area contributed by atoms with Gasteiger partial charge in [-0.25, -0.2) is 12.1 Å². The molecular formula is C15H19FeO-. The summed E-state index contributed by atoms with van der Waals surface area (Å²) in [5.41, 5.74) is 2.23. The molecule has 1 aromatic rings. The van der Waals surface area contributed by atoms with Crippen LogP contribution >= 0.6 is 0 Å². The molecule has 94 valence electrons. The molecule has 1 aliphatic rings. The maximum absolute atomic E-state index is 8.78. The first-order chi connectivity index (χ1) is 7.88. The van der Waals surface area contributed by atoms with E-state index in [1.165, 1.54) is 24.7 Å². The minimum Gasteiger partial charge on any atom is -0.515 e. The smallest absolute Gasteiger partial charge is 0.0866 e. The molecule has 0 amide bonds. The topological polar surface area (TPSA) is 20.2 Å². The molecule has 1 N–H and O–H groups in total. The van der Waals surface area contributed by atoms with Crippen LogP contribution in [0.5, 0.6) is 0 Å². The predicted octanol–water partition coefficient (Wildman–Crippen LogP) is 4.52. The Balaban J connectivity index is 0.000000360. The fourth-order valence-corrected chi connectivity index (χ4v) is 1.51. The van der Waals surface area contributed by atoms with Crippen molar-refractivity contribution in [3.8, 4) is 0 Å². The summed E-state index contributed by atoms with van der Waals surface area (Å²) in [5.74, 6) is 0. The van der Waals surface area contributed by atoms with Gasteiger partial charge in [-0.1, -0.05) is 31.6 Å². The van der Waals surface area contributed by atoms with Gasteiger partial charge in [-0.2, -0.15) is 18.2 Å². The summed E-state index contributed by atoms with van der Waals surface area (Å²) < 4.78 is 0. The first kappa shape index (κ1) is 15.9. The Bertz CT molecular complexity index is 341. The molecule has 1 aromatic carbocycles. The van der Waals surface area contributed by atoms with Gasteiger partial charge in [0.05, 0.1) is 6.26 Å². The molecule has 0 saturated carbocycles. The maximum atomic E-state index is 8.78. The van der Waals surface area contributed by atoms with E-state index in [1.54, 1.807) is 0 Å². The third-order valence-electron chi connectivity index (χ3n) is 2.44. The van der Waals surface area contributed by atoms with E-state index in [1.807, 2.05) is 42.5 Å². The van der Waals surface area contributed by atoms with Gasteiger partial charge in [0.1, 0.15) is 0 Å². The van der Waals surface area contributed by atoms with Crippen LogP contribution in [0.25, 0.3) is 0 Å². The Morgan fingerprint density at radius 3 is 2.47 bits per heavy atom. The van der Waals surface area contributed by atoms with Crippen LogP contribution in [0.4, 0.5) is 0 Å². The molecule has 0 aliphatic heterocycles. The predicted molar refractivity (Wildman–Crippen MR) is 69.5 cm³/mol. The second-order valence-corrected chi connectivity index (χ2v) is 3.70.